The number of rotatable bonds is 1. The van der Waals surface area contributed by atoms with Crippen LogP contribution in [0.15, 0.2) is 11.3 Å². The number of carbonyl (C=O) groups is 1. The lowest BCUT2D eigenvalue weighted by atomic mass is 10.1. The zero-order valence-corrected chi connectivity index (χ0v) is 9.62. The van der Waals surface area contributed by atoms with Crippen LogP contribution in [-0.4, -0.2) is 35.3 Å². The Morgan fingerprint density at radius 2 is 1.80 bits per heavy atom. The van der Waals surface area contributed by atoms with Gasteiger partial charge in [-0.1, -0.05) is 0 Å². The van der Waals surface area contributed by atoms with Gasteiger partial charge >= 0.3 is 6.09 Å². The molecule has 1 heterocycles. The van der Waals surface area contributed by atoms with Gasteiger partial charge in [-0.05, 0) is 39.2 Å². The molecule has 15 heavy (non-hydrogen) atoms. The average molecular weight is 213 g/mol. The lowest BCUT2D eigenvalue weighted by molar-refractivity contribution is 0.0705. The van der Waals surface area contributed by atoms with Crippen LogP contribution in [0.3, 0.4) is 0 Å². The number of amides is 1. The van der Waals surface area contributed by atoms with Gasteiger partial charge in [0.1, 0.15) is 5.76 Å². The van der Waals surface area contributed by atoms with Gasteiger partial charge in [0.25, 0.3) is 0 Å². The van der Waals surface area contributed by atoms with Crippen LogP contribution in [0.25, 0.3) is 0 Å². The molecule has 0 spiro atoms. The van der Waals surface area contributed by atoms with Crippen LogP contribution in [-0.2, 0) is 4.74 Å². The SMILES string of the molecule is CC(C)=C(C)OC(=O)N1CCC(O)CC1. The van der Waals surface area contributed by atoms with Crippen molar-refractivity contribution in [3.8, 4) is 0 Å². The smallest absolute Gasteiger partial charge is 0.414 e. The van der Waals surface area contributed by atoms with E-state index in [1.165, 1.54) is 0 Å². The summed E-state index contributed by atoms with van der Waals surface area (Å²) in [5, 5.41) is 9.29. The van der Waals surface area contributed by atoms with Gasteiger partial charge in [-0.3, -0.25) is 0 Å². The summed E-state index contributed by atoms with van der Waals surface area (Å²) in [6.45, 7) is 6.75. The van der Waals surface area contributed by atoms with Gasteiger partial charge in [-0.25, -0.2) is 4.79 Å². The molecule has 1 amide bonds. The maximum Gasteiger partial charge on any atom is 0.414 e. The standard InChI is InChI=1S/C11H19NO3/c1-8(2)9(3)15-11(14)12-6-4-10(13)5-7-12/h10,13H,4-7H2,1-3H3. The van der Waals surface area contributed by atoms with Crippen LogP contribution in [0.2, 0.25) is 0 Å². The third kappa shape index (κ3) is 3.55. The molecule has 0 radical (unpaired) electrons. The molecule has 0 aromatic heterocycles. The van der Waals surface area contributed by atoms with Gasteiger partial charge in [0.15, 0.2) is 0 Å². The normalized spacial score (nSPS) is 17.5. The maximum absolute atomic E-state index is 11.6. The first-order chi connectivity index (χ1) is 7.00. The summed E-state index contributed by atoms with van der Waals surface area (Å²) in [6, 6.07) is 0. The molecule has 86 valence electrons. The molecule has 1 aliphatic rings. The minimum absolute atomic E-state index is 0.265. The Morgan fingerprint density at radius 3 is 2.27 bits per heavy atom. The average Bonchev–Trinajstić information content (AvgIpc) is 2.18. The van der Waals surface area contributed by atoms with Crippen molar-refractivity contribution in [2.24, 2.45) is 0 Å². The second kappa shape index (κ2) is 5.16. The molecule has 0 aromatic carbocycles. The lowest BCUT2D eigenvalue weighted by Gasteiger charge is -2.28. The number of hydrogen-bond donors (Lipinski definition) is 1. The molecule has 0 bridgehead atoms. The molecule has 0 aromatic rings. The maximum atomic E-state index is 11.6. The first-order valence-electron chi connectivity index (χ1n) is 5.29. The third-order valence-corrected chi connectivity index (χ3v) is 2.67. The van der Waals surface area contributed by atoms with E-state index in [9.17, 15) is 9.90 Å². The molecule has 1 fully saturated rings. The van der Waals surface area contributed by atoms with E-state index in [0.717, 1.165) is 5.57 Å². The number of hydrogen-bond acceptors (Lipinski definition) is 3. The third-order valence-electron chi connectivity index (χ3n) is 2.67. The minimum Gasteiger partial charge on any atom is -0.415 e. The Balaban J connectivity index is 2.45. The fourth-order valence-electron chi connectivity index (χ4n) is 1.35. The van der Waals surface area contributed by atoms with E-state index in [1.807, 2.05) is 13.8 Å². The molecular formula is C11H19NO3. The molecule has 0 saturated carbocycles. The molecule has 4 heteroatoms. The highest BCUT2D eigenvalue weighted by molar-refractivity contribution is 5.69. The Labute approximate surface area is 90.5 Å². The van der Waals surface area contributed by atoms with Crippen molar-refractivity contribution >= 4 is 6.09 Å². The van der Waals surface area contributed by atoms with Crippen LogP contribution >= 0.6 is 0 Å². The second-order valence-corrected chi connectivity index (χ2v) is 4.14. The first-order valence-corrected chi connectivity index (χ1v) is 5.29. The number of likely N-dealkylation sites (tertiary alicyclic amines) is 1. The van der Waals surface area contributed by atoms with Crippen molar-refractivity contribution in [2.75, 3.05) is 13.1 Å². The van der Waals surface area contributed by atoms with E-state index in [4.69, 9.17) is 4.74 Å². The predicted octanol–water partition coefficient (Wildman–Crippen LogP) is 1.89. The summed E-state index contributed by atoms with van der Waals surface area (Å²) in [5.41, 5.74) is 1.00. The highest BCUT2D eigenvalue weighted by Crippen LogP contribution is 2.13. The van der Waals surface area contributed by atoms with Gasteiger partial charge in [-0.15, -0.1) is 0 Å². The summed E-state index contributed by atoms with van der Waals surface area (Å²) < 4.78 is 5.17. The molecule has 1 aliphatic heterocycles. The summed E-state index contributed by atoms with van der Waals surface area (Å²) in [5.74, 6) is 0.658. The Morgan fingerprint density at radius 1 is 1.27 bits per heavy atom. The molecule has 0 atom stereocenters. The van der Waals surface area contributed by atoms with Gasteiger partial charge in [0, 0.05) is 13.1 Å². The molecule has 0 unspecified atom stereocenters. The number of carbonyl (C=O) groups excluding carboxylic acids is 1. The van der Waals surface area contributed by atoms with E-state index in [2.05, 4.69) is 0 Å². The van der Waals surface area contributed by atoms with Gasteiger partial charge in [-0.2, -0.15) is 0 Å². The Bertz CT molecular complexity index is 261. The van der Waals surface area contributed by atoms with Crippen molar-refractivity contribution in [1.29, 1.82) is 0 Å². The zero-order valence-electron chi connectivity index (χ0n) is 9.62. The fourth-order valence-corrected chi connectivity index (χ4v) is 1.35. The number of aliphatic hydroxyl groups excluding tert-OH is 1. The Kier molecular flexibility index (Phi) is 4.15. The molecular weight excluding hydrogens is 194 g/mol. The van der Waals surface area contributed by atoms with E-state index < -0.39 is 0 Å². The lowest BCUT2D eigenvalue weighted by Crippen LogP contribution is -2.40. The second-order valence-electron chi connectivity index (χ2n) is 4.14. The molecule has 1 saturated heterocycles. The summed E-state index contributed by atoms with van der Waals surface area (Å²) >= 11 is 0. The zero-order chi connectivity index (χ0) is 11.4. The highest BCUT2D eigenvalue weighted by Gasteiger charge is 2.22. The van der Waals surface area contributed by atoms with E-state index in [-0.39, 0.29) is 12.2 Å². The van der Waals surface area contributed by atoms with E-state index in [1.54, 1.807) is 11.8 Å². The number of piperidine rings is 1. The van der Waals surface area contributed by atoms with Crippen LogP contribution in [0, 0.1) is 0 Å². The molecule has 1 rings (SSSR count). The number of nitrogens with zero attached hydrogens (tertiary/aromatic N) is 1. The van der Waals surface area contributed by atoms with E-state index >= 15 is 0 Å². The molecule has 0 aliphatic carbocycles. The minimum atomic E-state index is -0.305. The van der Waals surface area contributed by atoms with Gasteiger partial charge in [0.05, 0.1) is 6.10 Å². The molecule has 1 N–H and O–H groups in total. The largest absolute Gasteiger partial charge is 0.415 e. The quantitative estimate of drug-likeness (QED) is 0.677. The van der Waals surface area contributed by atoms with Crippen LogP contribution in [0.1, 0.15) is 33.6 Å². The van der Waals surface area contributed by atoms with Crippen LogP contribution in [0.4, 0.5) is 4.79 Å². The highest BCUT2D eigenvalue weighted by atomic mass is 16.6. The van der Waals surface area contributed by atoms with Crippen molar-refractivity contribution < 1.29 is 14.6 Å². The van der Waals surface area contributed by atoms with Gasteiger partial charge < -0.3 is 14.7 Å². The first kappa shape index (κ1) is 12.0. The number of ether oxygens (including phenoxy) is 1. The predicted molar refractivity (Wildman–Crippen MR) is 57.3 cm³/mol. The Hall–Kier alpha value is -1.03. The topological polar surface area (TPSA) is 49.8 Å². The molecule has 4 nitrogen and oxygen atoms in total. The van der Waals surface area contributed by atoms with Crippen LogP contribution < -0.4 is 0 Å². The van der Waals surface area contributed by atoms with Crippen LogP contribution in [0.5, 0.6) is 0 Å². The monoisotopic (exact) mass is 213 g/mol. The number of allylic oxidation sites excluding steroid dienone is 2. The van der Waals surface area contributed by atoms with Crippen molar-refractivity contribution in [2.45, 2.75) is 39.7 Å². The van der Waals surface area contributed by atoms with Crippen molar-refractivity contribution in [3.05, 3.63) is 11.3 Å². The summed E-state index contributed by atoms with van der Waals surface area (Å²) in [4.78, 5) is 13.2. The van der Waals surface area contributed by atoms with E-state index in [0.29, 0.717) is 31.7 Å². The van der Waals surface area contributed by atoms with Gasteiger partial charge in [0.2, 0.25) is 0 Å². The summed E-state index contributed by atoms with van der Waals surface area (Å²) in [7, 11) is 0. The fraction of sp³-hybridized carbons (Fsp3) is 0.727. The van der Waals surface area contributed by atoms with Crippen molar-refractivity contribution in [1.82, 2.24) is 4.90 Å². The summed E-state index contributed by atoms with van der Waals surface area (Å²) in [6.07, 6.45) is 0.713. The number of aliphatic hydroxyl groups is 1. The van der Waals surface area contributed by atoms with Crippen molar-refractivity contribution in [3.63, 3.8) is 0 Å².